The smallest absolute Gasteiger partial charge is 0.265 e. The molecule has 8 heteroatoms. The number of nitrogens with one attached hydrogen (secondary N) is 1. The predicted octanol–water partition coefficient (Wildman–Crippen LogP) is 3.33. The van der Waals surface area contributed by atoms with E-state index >= 15 is 0 Å². The van der Waals surface area contributed by atoms with Crippen LogP contribution in [0.5, 0.6) is 5.75 Å². The fourth-order valence-corrected chi connectivity index (χ4v) is 3.80. The van der Waals surface area contributed by atoms with Crippen LogP contribution >= 0.6 is 11.8 Å². The van der Waals surface area contributed by atoms with Crippen LogP contribution in [0.15, 0.2) is 71.0 Å². The molecule has 3 aromatic rings. The molecule has 0 spiro atoms. The molecule has 0 saturated carbocycles. The van der Waals surface area contributed by atoms with Crippen LogP contribution < -0.4 is 15.0 Å². The van der Waals surface area contributed by atoms with E-state index in [1.54, 1.807) is 22.9 Å². The molecular formula is C21H20N4O3S. The second-order valence-electron chi connectivity index (χ2n) is 6.55. The second-order valence-corrected chi connectivity index (χ2v) is 7.59. The van der Waals surface area contributed by atoms with Gasteiger partial charge in [-0.05, 0) is 36.4 Å². The Morgan fingerprint density at radius 3 is 2.76 bits per heavy atom. The van der Waals surface area contributed by atoms with Gasteiger partial charge in [-0.1, -0.05) is 23.9 Å². The van der Waals surface area contributed by atoms with Crippen LogP contribution in [0.1, 0.15) is 6.42 Å². The number of hydrogen-bond donors (Lipinski definition) is 1. The summed E-state index contributed by atoms with van der Waals surface area (Å²) in [5.41, 5.74) is 1.42. The van der Waals surface area contributed by atoms with Gasteiger partial charge in [0.1, 0.15) is 5.75 Å². The Kier molecular flexibility index (Phi) is 5.53. The number of ether oxygens (including phenoxy) is 1. The van der Waals surface area contributed by atoms with Crippen LogP contribution in [0.4, 0.5) is 11.4 Å². The molecule has 148 valence electrons. The van der Waals surface area contributed by atoms with Crippen molar-refractivity contribution >= 4 is 35.0 Å². The number of aromatic nitrogens is 2. The van der Waals surface area contributed by atoms with Crippen molar-refractivity contribution in [2.24, 2.45) is 7.05 Å². The first-order valence-electron chi connectivity index (χ1n) is 9.17. The average Bonchev–Trinajstić information content (AvgIpc) is 3.13. The van der Waals surface area contributed by atoms with Crippen molar-refractivity contribution in [1.29, 1.82) is 0 Å². The summed E-state index contributed by atoms with van der Waals surface area (Å²) in [5, 5.41) is 3.78. The Balaban J connectivity index is 1.33. The van der Waals surface area contributed by atoms with Crippen LogP contribution in [-0.2, 0) is 16.6 Å². The van der Waals surface area contributed by atoms with Crippen molar-refractivity contribution in [1.82, 2.24) is 9.55 Å². The van der Waals surface area contributed by atoms with Gasteiger partial charge in [0.15, 0.2) is 11.8 Å². The van der Waals surface area contributed by atoms with E-state index in [1.807, 2.05) is 66.3 Å². The summed E-state index contributed by atoms with van der Waals surface area (Å²) in [6.45, 7) is 0.298. The fraction of sp³-hybridized carbons (Fsp3) is 0.190. The third-order valence-corrected chi connectivity index (χ3v) is 5.58. The first-order chi connectivity index (χ1) is 14.1. The van der Waals surface area contributed by atoms with E-state index in [1.165, 1.54) is 0 Å². The molecule has 2 heterocycles. The highest BCUT2D eigenvalue weighted by Gasteiger charge is 2.25. The van der Waals surface area contributed by atoms with Gasteiger partial charge in [-0.25, -0.2) is 4.98 Å². The molecule has 1 aromatic heterocycles. The van der Waals surface area contributed by atoms with E-state index in [0.717, 1.165) is 10.1 Å². The molecule has 0 saturated heterocycles. The van der Waals surface area contributed by atoms with Gasteiger partial charge in [-0.15, -0.1) is 0 Å². The summed E-state index contributed by atoms with van der Waals surface area (Å²) >= 11 is 1.55. The number of benzene rings is 2. The Morgan fingerprint density at radius 2 is 2.00 bits per heavy atom. The van der Waals surface area contributed by atoms with Crippen LogP contribution in [0, 0.1) is 0 Å². The summed E-state index contributed by atoms with van der Waals surface area (Å²) in [6.07, 6.45) is 3.85. The molecule has 1 aliphatic heterocycles. The number of carbonyl (C=O) groups excluding carboxylic acids is 2. The zero-order chi connectivity index (χ0) is 20.2. The molecule has 0 atom stereocenters. The van der Waals surface area contributed by atoms with Crippen LogP contribution in [0.2, 0.25) is 0 Å². The Morgan fingerprint density at radius 1 is 1.21 bits per heavy atom. The Bertz CT molecular complexity index is 1030. The predicted molar refractivity (Wildman–Crippen MR) is 111 cm³/mol. The third kappa shape index (κ3) is 4.43. The molecule has 0 bridgehead atoms. The molecule has 7 nitrogen and oxygen atoms in total. The summed E-state index contributed by atoms with van der Waals surface area (Å²) < 4.78 is 7.37. The van der Waals surface area contributed by atoms with Crippen molar-refractivity contribution in [2.75, 3.05) is 23.4 Å². The number of hydrogen-bond acceptors (Lipinski definition) is 5. The lowest BCUT2D eigenvalue weighted by Gasteiger charge is -2.29. The number of anilines is 2. The summed E-state index contributed by atoms with van der Waals surface area (Å²) in [7, 11) is 1.95. The molecule has 0 radical (unpaired) electrons. The molecule has 0 aliphatic carbocycles. The molecule has 0 fully saturated rings. The number of rotatable bonds is 6. The third-order valence-electron chi connectivity index (χ3n) is 4.49. The van der Waals surface area contributed by atoms with Crippen LogP contribution in [0.3, 0.4) is 0 Å². The summed E-state index contributed by atoms with van der Waals surface area (Å²) in [5.74, 6) is 0.367. The van der Waals surface area contributed by atoms with Gasteiger partial charge >= 0.3 is 0 Å². The molecule has 4 rings (SSSR count). The van der Waals surface area contributed by atoms with Crippen molar-refractivity contribution in [3.8, 4) is 5.75 Å². The van der Waals surface area contributed by atoms with E-state index in [-0.39, 0.29) is 24.8 Å². The van der Waals surface area contributed by atoms with Crippen molar-refractivity contribution in [3.63, 3.8) is 0 Å². The van der Waals surface area contributed by atoms with Gasteiger partial charge < -0.3 is 19.5 Å². The number of imidazole rings is 1. The first-order valence-corrected chi connectivity index (χ1v) is 9.99. The van der Waals surface area contributed by atoms with Gasteiger partial charge in [-0.2, -0.15) is 0 Å². The fourth-order valence-electron chi connectivity index (χ4n) is 3.00. The second kappa shape index (κ2) is 8.40. The van der Waals surface area contributed by atoms with Gasteiger partial charge in [0, 0.05) is 43.0 Å². The zero-order valence-corrected chi connectivity index (χ0v) is 16.7. The SMILES string of the molecule is Cn1ccnc1Sc1ccc(NC(=O)CCN2C(=O)COc3ccccc32)cc1. The standard InChI is InChI=1S/C21H20N4O3S/c1-24-13-11-22-21(24)29-16-8-6-15(7-9-16)23-19(26)10-12-25-17-4-2-3-5-18(17)28-14-20(25)27/h2-9,11,13H,10,12,14H2,1H3,(H,23,26). The minimum absolute atomic E-state index is 0.00619. The lowest BCUT2D eigenvalue weighted by molar-refractivity contribution is -0.121. The monoisotopic (exact) mass is 408 g/mol. The normalized spacial score (nSPS) is 13.0. The van der Waals surface area contributed by atoms with Crippen LogP contribution in [-0.4, -0.2) is 34.5 Å². The molecule has 2 aromatic carbocycles. The molecule has 29 heavy (non-hydrogen) atoms. The minimum atomic E-state index is -0.147. The van der Waals surface area contributed by atoms with E-state index in [9.17, 15) is 9.59 Å². The molecule has 1 N–H and O–H groups in total. The number of aryl methyl sites for hydroxylation is 1. The van der Waals surface area contributed by atoms with Gasteiger partial charge in [0.2, 0.25) is 5.91 Å². The Hall–Kier alpha value is -3.26. The van der Waals surface area contributed by atoms with Crippen molar-refractivity contribution in [3.05, 3.63) is 60.9 Å². The lowest BCUT2D eigenvalue weighted by Crippen LogP contribution is -2.40. The maximum atomic E-state index is 12.4. The molecule has 1 aliphatic rings. The van der Waals surface area contributed by atoms with E-state index < -0.39 is 0 Å². The highest BCUT2D eigenvalue weighted by Crippen LogP contribution is 2.31. The maximum Gasteiger partial charge on any atom is 0.265 e. The molecule has 0 unspecified atom stereocenters. The summed E-state index contributed by atoms with van der Waals surface area (Å²) in [6, 6.07) is 14.9. The number of amides is 2. The quantitative estimate of drug-likeness (QED) is 0.677. The van der Waals surface area contributed by atoms with Gasteiger partial charge in [0.05, 0.1) is 5.69 Å². The number of para-hydroxylation sites is 2. The topological polar surface area (TPSA) is 76.5 Å². The van der Waals surface area contributed by atoms with Gasteiger partial charge in [0.25, 0.3) is 5.91 Å². The largest absolute Gasteiger partial charge is 0.482 e. The van der Waals surface area contributed by atoms with E-state index in [2.05, 4.69) is 10.3 Å². The van der Waals surface area contributed by atoms with E-state index in [4.69, 9.17) is 4.74 Å². The number of fused-ring (bicyclic) bond motifs is 1. The number of carbonyl (C=O) groups is 2. The summed E-state index contributed by atoms with van der Waals surface area (Å²) in [4.78, 5) is 31.5. The minimum Gasteiger partial charge on any atom is -0.482 e. The lowest BCUT2D eigenvalue weighted by atomic mass is 10.2. The highest BCUT2D eigenvalue weighted by molar-refractivity contribution is 7.99. The van der Waals surface area contributed by atoms with Crippen LogP contribution in [0.25, 0.3) is 0 Å². The van der Waals surface area contributed by atoms with Crippen molar-refractivity contribution < 1.29 is 14.3 Å². The first kappa shape index (κ1) is 19.1. The Labute approximate surface area is 172 Å². The van der Waals surface area contributed by atoms with Crippen molar-refractivity contribution in [2.45, 2.75) is 16.5 Å². The van der Waals surface area contributed by atoms with Gasteiger partial charge in [-0.3, -0.25) is 9.59 Å². The van der Waals surface area contributed by atoms with E-state index in [0.29, 0.717) is 23.7 Å². The average molecular weight is 408 g/mol. The molecule has 2 amide bonds. The zero-order valence-electron chi connectivity index (χ0n) is 15.9. The number of nitrogens with zero attached hydrogens (tertiary/aromatic N) is 3. The highest BCUT2D eigenvalue weighted by atomic mass is 32.2. The molecular weight excluding hydrogens is 388 g/mol. The maximum absolute atomic E-state index is 12.4.